The maximum Gasteiger partial charge on any atom is 0.161 e. The van der Waals surface area contributed by atoms with Gasteiger partial charge in [0.1, 0.15) is 5.82 Å². The normalized spacial score (nSPS) is 20.7. The molecule has 0 radical (unpaired) electrons. The Morgan fingerprint density at radius 3 is 2.52 bits per heavy atom. The van der Waals surface area contributed by atoms with Gasteiger partial charge in [-0.05, 0) is 50.8 Å². The fourth-order valence-electron chi connectivity index (χ4n) is 3.83. The first-order chi connectivity index (χ1) is 12.2. The largest absolute Gasteiger partial charge is 0.391 e. The van der Waals surface area contributed by atoms with E-state index in [-0.39, 0.29) is 11.5 Å². The van der Waals surface area contributed by atoms with E-state index >= 15 is 0 Å². The predicted molar refractivity (Wildman–Crippen MR) is 97.3 cm³/mol. The van der Waals surface area contributed by atoms with Crippen LogP contribution in [0.2, 0.25) is 0 Å². The average Bonchev–Trinajstić information content (AvgIpc) is 3.12. The molecule has 1 unspecified atom stereocenters. The van der Waals surface area contributed by atoms with Crippen molar-refractivity contribution < 1.29 is 5.11 Å². The van der Waals surface area contributed by atoms with Crippen LogP contribution in [-0.4, -0.2) is 44.0 Å². The van der Waals surface area contributed by atoms with E-state index in [0.29, 0.717) is 6.54 Å². The van der Waals surface area contributed by atoms with Crippen LogP contribution in [0.1, 0.15) is 56.2 Å². The van der Waals surface area contributed by atoms with Crippen molar-refractivity contribution in [1.29, 1.82) is 0 Å². The first-order valence-electron chi connectivity index (χ1n) is 9.61. The van der Waals surface area contributed by atoms with Crippen LogP contribution in [0.3, 0.4) is 0 Å². The molecule has 0 bridgehead atoms. The Morgan fingerprint density at radius 1 is 1.16 bits per heavy atom. The number of benzene rings is 1. The molecule has 1 aliphatic heterocycles. The fraction of sp³-hybridized carbons (Fsp3) is 0.600. The molecule has 1 saturated heterocycles. The zero-order chi connectivity index (χ0) is 17.3. The van der Waals surface area contributed by atoms with E-state index in [4.69, 9.17) is 10.1 Å². The molecule has 5 heteroatoms. The standard InChI is InChI=1S/C20H28N4O/c1-2-17(25)14-24-18(15-23-12-6-7-13-23)21-19(22-24)20(10-11-20)16-8-4-3-5-9-16/h3-5,8-9,17,25H,2,6-7,10-15H2,1H3. The second-order valence-corrected chi connectivity index (χ2v) is 7.53. The summed E-state index contributed by atoms with van der Waals surface area (Å²) in [6.45, 7) is 5.67. The van der Waals surface area contributed by atoms with E-state index in [1.807, 2.05) is 11.6 Å². The van der Waals surface area contributed by atoms with Crippen molar-refractivity contribution in [1.82, 2.24) is 19.7 Å². The van der Waals surface area contributed by atoms with Crippen LogP contribution in [0, 0.1) is 0 Å². The number of aromatic nitrogens is 3. The highest BCUT2D eigenvalue weighted by Gasteiger charge is 2.49. The van der Waals surface area contributed by atoms with E-state index in [0.717, 1.165) is 50.5 Å². The molecule has 1 atom stereocenters. The molecule has 2 aromatic rings. The zero-order valence-corrected chi connectivity index (χ0v) is 15.1. The van der Waals surface area contributed by atoms with Gasteiger partial charge in [-0.2, -0.15) is 5.10 Å². The monoisotopic (exact) mass is 340 g/mol. The fourth-order valence-corrected chi connectivity index (χ4v) is 3.83. The predicted octanol–water partition coefficient (Wildman–Crippen LogP) is 2.72. The van der Waals surface area contributed by atoms with Crippen molar-refractivity contribution >= 4 is 0 Å². The molecule has 2 aliphatic rings. The van der Waals surface area contributed by atoms with Crippen LogP contribution in [0.5, 0.6) is 0 Å². The van der Waals surface area contributed by atoms with Crippen LogP contribution >= 0.6 is 0 Å². The summed E-state index contributed by atoms with van der Waals surface area (Å²) in [6.07, 6.45) is 5.14. The van der Waals surface area contributed by atoms with Crippen LogP contribution in [0.25, 0.3) is 0 Å². The van der Waals surface area contributed by atoms with Crippen LogP contribution in [0.4, 0.5) is 0 Å². The molecule has 2 heterocycles. The molecule has 4 rings (SSSR count). The SMILES string of the molecule is CCC(O)Cn1nc(C2(c3ccccc3)CC2)nc1CN1CCCC1. The van der Waals surface area contributed by atoms with Crippen molar-refractivity contribution in [3.8, 4) is 0 Å². The highest BCUT2D eigenvalue weighted by atomic mass is 16.3. The summed E-state index contributed by atoms with van der Waals surface area (Å²) in [7, 11) is 0. The lowest BCUT2D eigenvalue weighted by molar-refractivity contribution is 0.142. The van der Waals surface area contributed by atoms with E-state index < -0.39 is 0 Å². The van der Waals surface area contributed by atoms with Gasteiger partial charge in [-0.25, -0.2) is 9.67 Å². The van der Waals surface area contributed by atoms with Gasteiger partial charge >= 0.3 is 0 Å². The van der Waals surface area contributed by atoms with E-state index in [2.05, 4.69) is 35.2 Å². The number of nitrogens with zero attached hydrogens (tertiary/aromatic N) is 4. The minimum atomic E-state index is -0.362. The lowest BCUT2D eigenvalue weighted by Gasteiger charge is -2.15. The van der Waals surface area contributed by atoms with E-state index in [1.165, 1.54) is 18.4 Å². The molecule has 1 N–H and O–H groups in total. The maximum atomic E-state index is 10.1. The van der Waals surface area contributed by atoms with Crippen LogP contribution < -0.4 is 0 Å². The van der Waals surface area contributed by atoms with Gasteiger partial charge in [-0.3, -0.25) is 4.90 Å². The molecule has 1 aromatic heterocycles. The zero-order valence-electron chi connectivity index (χ0n) is 15.1. The maximum absolute atomic E-state index is 10.1. The second-order valence-electron chi connectivity index (χ2n) is 7.53. The number of likely N-dealkylation sites (tertiary alicyclic amines) is 1. The molecule has 5 nitrogen and oxygen atoms in total. The van der Waals surface area contributed by atoms with Gasteiger partial charge in [0.05, 0.1) is 24.6 Å². The summed E-state index contributed by atoms with van der Waals surface area (Å²) >= 11 is 0. The molecular weight excluding hydrogens is 312 g/mol. The Morgan fingerprint density at radius 2 is 1.88 bits per heavy atom. The Bertz CT molecular complexity index is 702. The number of aliphatic hydroxyl groups is 1. The van der Waals surface area contributed by atoms with Crippen LogP contribution in [0.15, 0.2) is 30.3 Å². The summed E-state index contributed by atoms with van der Waals surface area (Å²) in [5.41, 5.74) is 1.31. The van der Waals surface area contributed by atoms with Crippen LogP contribution in [-0.2, 0) is 18.5 Å². The van der Waals surface area contributed by atoms with Gasteiger partial charge in [0, 0.05) is 0 Å². The molecule has 2 fully saturated rings. The number of aliphatic hydroxyl groups excluding tert-OH is 1. The molecule has 134 valence electrons. The minimum Gasteiger partial charge on any atom is -0.391 e. The Hall–Kier alpha value is -1.72. The first-order valence-corrected chi connectivity index (χ1v) is 9.61. The molecule has 1 aromatic carbocycles. The summed E-state index contributed by atoms with van der Waals surface area (Å²) in [4.78, 5) is 7.42. The van der Waals surface area contributed by atoms with Crippen molar-refractivity contribution in [3.63, 3.8) is 0 Å². The molecule has 25 heavy (non-hydrogen) atoms. The van der Waals surface area contributed by atoms with Gasteiger partial charge in [0.2, 0.25) is 0 Å². The van der Waals surface area contributed by atoms with Gasteiger partial charge in [-0.15, -0.1) is 0 Å². The lowest BCUT2D eigenvalue weighted by atomic mass is 9.95. The second kappa shape index (κ2) is 6.89. The summed E-state index contributed by atoms with van der Waals surface area (Å²) in [5.74, 6) is 1.95. The van der Waals surface area contributed by atoms with Gasteiger partial charge in [0.25, 0.3) is 0 Å². The van der Waals surface area contributed by atoms with E-state index in [1.54, 1.807) is 0 Å². The summed E-state index contributed by atoms with van der Waals surface area (Å²) < 4.78 is 1.96. The van der Waals surface area contributed by atoms with Gasteiger partial charge in [-0.1, -0.05) is 37.3 Å². The van der Waals surface area contributed by atoms with Gasteiger partial charge < -0.3 is 5.11 Å². The average molecular weight is 340 g/mol. The minimum absolute atomic E-state index is 0.0105. The van der Waals surface area contributed by atoms with Gasteiger partial charge in [0.15, 0.2) is 5.82 Å². The third kappa shape index (κ3) is 3.35. The highest BCUT2D eigenvalue weighted by molar-refractivity contribution is 5.39. The number of rotatable bonds is 7. The van der Waals surface area contributed by atoms with E-state index in [9.17, 15) is 5.11 Å². The van der Waals surface area contributed by atoms with Crippen molar-refractivity contribution in [2.45, 2.75) is 63.6 Å². The molecule has 1 aliphatic carbocycles. The molecule has 0 spiro atoms. The highest BCUT2D eigenvalue weighted by Crippen LogP contribution is 2.52. The Kier molecular flexibility index (Phi) is 4.61. The van der Waals surface area contributed by atoms with Crippen molar-refractivity contribution in [2.75, 3.05) is 13.1 Å². The summed E-state index contributed by atoms with van der Waals surface area (Å²) in [5, 5.41) is 15.0. The molecule has 1 saturated carbocycles. The summed E-state index contributed by atoms with van der Waals surface area (Å²) in [6, 6.07) is 10.6. The Balaban J connectivity index is 1.64. The topological polar surface area (TPSA) is 54.2 Å². The lowest BCUT2D eigenvalue weighted by Crippen LogP contribution is -2.24. The molecule has 0 amide bonds. The third-order valence-electron chi connectivity index (χ3n) is 5.67. The molecular formula is C20H28N4O. The van der Waals surface area contributed by atoms with Crippen molar-refractivity contribution in [2.24, 2.45) is 0 Å². The van der Waals surface area contributed by atoms with Crippen molar-refractivity contribution in [3.05, 3.63) is 47.5 Å². The number of hydrogen-bond acceptors (Lipinski definition) is 4. The quantitative estimate of drug-likeness (QED) is 0.842. The smallest absolute Gasteiger partial charge is 0.161 e. The first kappa shape index (κ1) is 16.7. The third-order valence-corrected chi connectivity index (χ3v) is 5.67. The number of hydrogen-bond donors (Lipinski definition) is 1. The Labute approximate surface area is 149 Å².